The van der Waals surface area contributed by atoms with Crippen LogP contribution < -0.4 is 14.8 Å². The Morgan fingerprint density at radius 2 is 1.66 bits per heavy atom. The quantitative estimate of drug-likeness (QED) is 0.713. The molecule has 5 nitrogen and oxygen atoms in total. The van der Waals surface area contributed by atoms with Crippen LogP contribution in [-0.4, -0.2) is 43.2 Å². The van der Waals surface area contributed by atoms with E-state index in [-0.39, 0.29) is 12.0 Å². The molecule has 29 heavy (non-hydrogen) atoms. The van der Waals surface area contributed by atoms with Gasteiger partial charge in [-0.3, -0.25) is 4.79 Å². The van der Waals surface area contributed by atoms with Crippen LogP contribution in [0.2, 0.25) is 0 Å². The molecule has 1 amide bonds. The predicted molar refractivity (Wildman–Crippen MR) is 117 cm³/mol. The Balaban J connectivity index is 1.52. The number of hydrogen-bond acceptors (Lipinski definition) is 4. The summed E-state index contributed by atoms with van der Waals surface area (Å²) in [4.78, 5) is 15.0. The molecule has 156 valence electrons. The summed E-state index contributed by atoms with van der Waals surface area (Å²) in [5.74, 6) is 1.42. The van der Waals surface area contributed by atoms with Crippen molar-refractivity contribution in [1.82, 2.24) is 4.90 Å². The van der Waals surface area contributed by atoms with Crippen LogP contribution in [0.3, 0.4) is 0 Å². The first-order valence-electron chi connectivity index (χ1n) is 10.6. The number of likely N-dealkylation sites (tertiary alicyclic amines) is 1. The first kappa shape index (κ1) is 21.2. The van der Waals surface area contributed by atoms with Crippen molar-refractivity contribution in [2.45, 2.75) is 51.7 Å². The molecular weight excluding hydrogens is 364 g/mol. The average molecular weight is 397 g/mol. The number of anilines is 1. The van der Waals surface area contributed by atoms with Crippen LogP contribution in [-0.2, 0) is 11.2 Å². The van der Waals surface area contributed by atoms with Gasteiger partial charge in [0.05, 0.1) is 0 Å². The molecule has 2 aromatic rings. The lowest BCUT2D eigenvalue weighted by atomic mass is 10.1. The highest BCUT2D eigenvalue weighted by Crippen LogP contribution is 2.22. The lowest BCUT2D eigenvalue weighted by Crippen LogP contribution is -2.35. The molecule has 1 aliphatic rings. The van der Waals surface area contributed by atoms with E-state index in [4.69, 9.17) is 9.47 Å². The van der Waals surface area contributed by atoms with Crippen LogP contribution in [0.1, 0.15) is 38.7 Å². The summed E-state index contributed by atoms with van der Waals surface area (Å²) in [5, 5.41) is 2.95. The van der Waals surface area contributed by atoms with Gasteiger partial charge in [-0.05, 0) is 74.7 Å². The molecule has 2 aromatic carbocycles. The van der Waals surface area contributed by atoms with Crippen molar-refractivity contribution in [3.63, 3.8) is 0 Å². The fourth-order valence-corrected chi connectivity index (χ4v) is 3.43. The molecule has 0 radical (unpaired) electrons. The molecule has 0 aliphatic carbocycles. The van der Waals surface area contributed by atoms with Gasteiger partial charge in [-0.15, -0.1) is 0 Å². The molecule has 1 fully saturated rings. The fraction of sp³-hybridized carbons (Fsp3) is 0.458. The van der Waals surface area contributed by atoms with Crippen molar-refractivity contribution in [1.29, 1.82) is 0 Å². The van der Waals surface area contributed by atoms with Gasteiger partial charge in [-0.1, -0.05) is 26.0 Å². The Kier molecular flexibility index (Phi) is 7.53. The van der Waals surface area contributed by atoms with Crippen molar-refractivity contribution in [3.8, 4) is 11.5 Å². The van der Waals surface area contributed by atoms with Crippen LogP contribution in [0, 0.1) is 0 Å². The van der Waals surface area contributed by atoms with Gasteiger partial charge in [0, 0.05) is 18.8 Å². The highest BCUT2D eigenvalue weighted by molar-refractivity contribution is 5.94. The lowest BCUT2D eigenvalue weighted by molar-refractivity contribution is -0.122. The van der Waals surface area contributed by atoms with Crippen molar-refractivity contribution in [3.05, 3.63) is 54.1 Å². The molecule has 1 saturated heterocycles. The van der Waals surface area contributed by atoms with Crippen LogP contribution in [0.5, 0.6) is 11.5 Å². The lowest BCUT2D eigenvalue weighted by Gasteiger charge is -2.29. The van der Waals surface area contributed by atoms with E-state index in [0.29, 0.717) is 12.2 Å². The van der Waals surface area contributed by atoms with Crippen LogP contribution in [0.4, 0.5) is 5.69 Å². The van der Waals surface area contributed by atoms with Gasteiger partial charge in [-0.2, -0.15) is 0 Å². The van der Waals surface area contributed by atoms with Gasteiger partial charge in [0.15, 0.2) is 6.10 Å². The standard InChI is InChI=1S/C24H32N2O3/c1-4-18-6-10-21(11-7-18)29-23(5-2)24(27)25-19-8-12-20(13-9-19)28-22-14-16-26(3)17-15-22/h6-13,22-23H,4-5,14-17H2,1-3H3,(H,25,27)/t23-/m1/s1. The smallest absolute Gasteiger partial charge is 0.265 e. The molecule has 0 saturated carbocycles. The maximum atomic E-state index is 12.6. The number of ether oxygens (including phenoxy) is 2. The first-order chi connectivity index (χ1) is 14.1. The number of hydrogen-bond donors (Lipinski definition) is 1. The normalized spacial score (nSPS) is 16.2. The van der Waals surface area contributed by atoms with E-state index < -0.39 is 6.10 Å². The third kappa shape index (κ3) is 6.23. The number of aryl methyl sites for hydroxylation is 1. The molecule has 0 aromatic heterocycles. The summed E-state index contributed by atoms with van der Waals surface area (Å²) < 4.78 is 12.0. The zero-order valence-corrected chi connectivity index (χ0v) is 17.7. The Morgan fingerprint density at radius 1 is 1.03 bits per heavy atom. The van der Waals surface area contributed by atoms with Crippen molar-refractivity contribution < 1.29 is 14.3 Å². The Hall–Kier alpha value is -2.53. The highest BCUT2D eigenvalue weighted by atomic mass is 16.5. The molecule has 0 bridgehead atoms. The number of piperidine rings is 1. The van der Waals surface area contributed by atoms with E-state index in [1.54, 1.807) is 0 Å². The molecule has 1 aliphatic heterocycles. The van der Waals surface area contributed by atoms with Gasteiger partial charge >= 0.3 is 0 Å². The topological polar surface area (TPSA) is 50.8 Å². The molecule has 5 heteroatoms. The van der Waals surface area contributed by atoms with Gasteiger partial charge < -0.3 is 19.7 Å². The summed E-state index contributed by atoms with van der Waals surface area (Å²) in [5.41, 5.74) is 1.99. The molecule has 1 heterocycles. The number of carbonyl (C=O) groups excluding carboxylic acids is 1. The monoisotopic (exact) mass is 396 g/mol. The minimum Gasteiger partial charge on any atom is -0.490 e. The second-order valence-corrected chi connectivity index (χ2v) is 7.65. The minimum atomic E-state index is -0.530. The van der Waals surface area contributed by atoms with E-state index in [9.17, 15) is 4.79 Å². The van der Waals surface area contributed by atoms with Crippen molar-refractivity contribution in [2.24, 2.45) is 0 Å². The van der Waals surface area contributed by atoms with Gasteiger partial charge in [0.1, 0.15) is 17.6 Å². The number of amides is 1. The number of carbonyl (C=O) groups is 1. The van der Waals surface area contributed by atoms with Crippen molar-refractivity contribution in [2.75, 3.05) is 25.5 Å². The molecule has 0 spiro atoms. The Labute approximate surface area is 174 Å². The Morgan fingerprint density at radius 3 is 2.24 bits per heavy atom. The number of benzene rings is 2. The highest BCUT2D eigenvalue weighted by Gasteiger charge is 2.20. The summed E-state index contributed by atoms with van der Waals surface area (Å²) >= 11 is 0. The second-order valence-electron chi connectivity index (χ2n) is 7.65. The first-order valence-corrected chi connectivity index (χ1v) is 10.6. The average Bonchev–Trinajstić information content (AvgIpc) is 2.75. The van der Waals surface area contributed by atoms with Crippen LogP contribution in [0.25, 0.3) is 0 Å². The molecule has 1 N–H and O–H groups in total. The van der Waals surface area contributed by atoms with E-state index >= 15 is 0 Å². The van der Waals surface area contributed by atoms with E-state index in [2.05, 4.69) is 24.2 Å². The van der Waals surface area contributed by atoms with E-state index in [0.717, 1.165) is 43.8 Å². The third-order valence-corrected chi connectivity index (χ3v) is 5.36. The molecule has 0 unspecified atom stereocenters. The van der Waals surface area contributed by atoms with Crippen molar-refractivity contribution >= 4 is 11.6 Å². The molecular formula is C24H32N2O3. The largest absolute Gasteiger partial charge is 0.490 e. The maximum Gasteiger partial charge on any atom is 0.265 e. The fourth-order valence-electron chi connectivity index (χ4n) is 3.43. The van der Waals surface area contributed by atoms with E-state index in [1.807, 2.05) is 55.5 Å². The number of rotatable bonds is 8. The SMILES string of the molecule is CCc1ccc(O[C@H](CC)C(=O)Nc2ccc(OC3CCN(C)CC3)cc2)cc1. The maximum absolute atomic E-state index is 12.6. The van der Waals surface area contributed by atoms with Crippen LogP contribution in [0.15, 0.2) is 48.5 Å². The zero-order chi connectivity index (χ0) is 20.6. The summed E-state index contributed by atoms with van der Waals surface area (Å²) in [6.07, 6.45) is 3.41. The number of nitrogens with zero attached hydrogens (tertiary/aromatic N) is 1. The van der Waals surface area contributed by atoms with Gasteiger partial charge in [0.2, 0.25) is 0 Å². The second kappa shape index (κ2) is 10.3. The summed E-state index contributed by atoms with van der Waals surface area (Å²) in [6, 6.07) is 15.5. The zero-order valence-electron chi connectivity index (χ0n) is 17.7. The Bertz CT molecular complexity index is 766. The van der Waals surface area contributed by atoms with Gasteiger partial charge in [-0.25, -0.2) is 0 Å². The molecule has 1 atom stereocenters. The number of nitrogens with one attached hydrogen (secondary N) is 1. The summed E-state index contributed by atoms with van der Waals surface area (Å²) in [7, 11) is 2.14. The van der Waals surface area contributed by atoms with Crippen LogP contribution >= 0.6 is 0 Å². The minimum absolute atomic E-state index is 0.143. The molecule has 3 rings (SSSR count). The third-order valence-electron chi connectivity index (χ3n) is 5.36. The van der Waals surface area contributed by atoms with E-state index in [1.165, 1.54) is 5.56 Å². The van der Waals surface area contributed by atoms with Gasteiger partial charge in [0.25, 0.3) is 5.91 Å². The summed E-state index contributed by atoms with van der Waals surface area (Å²) in [6.45, 7) is 6.20. The predicted octanol–water partition coefficient (Wildman–Crippen LogP) is 4.52.